The van der Waals surface area contributed by atoms with Gasteiger partial charge in [-0.1, -0.05) is 0 Å². The number of halogens is 3. The van der Waals surface area contributed by atoms with Crippen LogP contribution in [0.1, 0.15) is 32.9 Å². The molecule has 0 spiro atoms. The van der Waals surface area contributed by atoms with Gasteiger partial charge in [-0.15, -0.1) is 5.10 Å². The Hall–Kier alpha value is -2.93. The fourth-order valence-electron chi connectivity index (χ4n) is 4.34. The molecule has 2 aliphatic heterocycles. The molecular formula is C21H27F3N8O2. The van der Waals surface area contributed by atoms with Gasteiger partial charge in [0.1, 0.15) is 30.1 Å². The lowest BCUT2D eigenvalue weighted by Crippen LogP contribution is -2.39. The summed E-state index contributed by atoms with van der Waals surface area (Å²) in [6, 6.07) is -0.489. The van der Waals surface area contributed by atoms with Crippen LogP contribution in [0.15, 0.2) is 18.7 Å². The molecule has 5 heterocycles. The number of anilines is 2. The quantitative estimate of drug-likeness (QED) is 0.552. The van der Waals surface area contributed by atoms with Crippen LogP contribution in [0.25, 0.3) is 16.9 Å². The molecule has 184 valence electrons. The Morgan fingerprint density at radius 3 is 2.97 bits per heavy atom. The van der Waals surface area contributed by atoms with Crippen LogP contribution in [0.2, 0.25) is 0 Å². The van der Waals surface area contributed by atoms with Crippen molar-refractivity contribution in [2.75, 3.05) is 43.1 Å². The summed E-state index contributed by atoms with van der Waals surface area (Å²) < 4.78 is 56.4. The Bertz CT molecular complexity index is 1150. The summed E-state index contributed by atoms with van der Waals surface area (Å²) in [5, 5.41) is 11.7. The molecule has 2 fully saturated rings. The third-order valence-corrected chi connectivity index (χ3v) is 6.11. The summed E-state index contributed by atoms with van der Waals surface area (Å²) in [7, 11) is 0. The predicted molar refractivity (Wildman–Crippen MR) is 118 cm³/mol. The zero-order valence-electron chi connectivity index (χ0n) is 19.0. The van der Waals surface area contributed by atoms with Crippen LogP contribution < -0.4 is 10.2 Å². The average Bonchev–Trinajstić information content (AvgIpc) is 3.52. The first-order valence-corrected chi connectivity index (χ1v) is 11.4. The molecule has 0 aromatic carbocycles. The van der Waals surface area contributed by atoms with Crippen molar-refractivity contribution < 1.29 is 22.6 Å². The highest BCUT2D eigenvalue weighted by Crippen LogP contribution is 2.38. The van der Waals surface area contributed by atoms with Gasteiger partial charge < -0.3 is 19.7 Å². The second kappa shape index (κ2) is 9.02. The van der Waals surface area contributed by atoms with Crippen molar-refractivity contribution in [3.63, 3.8) is 0 Å². The van der Waals surface area contributed by atoms with Crippen LogP contribution in [-0.4, -0.2) is 80.4 Å². The molecule has 0 aliphatic carbocycles. The van der Waals surface area contributed by atoms with E-state index in [4.69, 9.17) is 9.47 Å². The molecule has 0 saturated carbocycles. The number of fused-ring (bicyclic) bond motifs is 1. The average molecular weight is 480 g/mol. The van der Waals surface area contributed by atoms with E-state index in [2.05, 4.69) is 25.5 Å². The van der Waals surface area contributed by atoms with Gasteiger partial charge in [0, 0.05) is 37.9 Å². The maximum absolute atomic E-state index is 14.2. The summed E-state index contributed by atoms with van der Waals surface area (Å²) in [6.45, 7) is 4.43. The summed E-state index contributed by atoms with van der Waals surface area (Å²) in [5.41, 5.74) is 1.91. The highest BCUT2D eigenvalue weighted by molar-refractivity contribution is 5.85. The van der Waals surface area contributed by atoms with Crippen LogP contribution in [-0.2, 0) is 9.47 Å². The van der Waals surface area contributed by atoms with E-state index in [0.29, 0.717) is 42.2 Å². The summed E-state index contributed by atoms with van der Waals surface area (Å²) in [5.74, 6) is -2.61. The van der Waals surface area contributed by atoms with Crippen molar-refractivity contribution in [3.8, 4) is 11.3 Å². The molecule has 0 amide bonds. The Labute approximate surface area is 194 Å². The maximum Gasteiger partial charge on any atom is 0.266 e. The van der Waals surface area contributed by atoms with Crippen LogP contribution >= 0.6 is 0 Å². The minimum absolute atomic E-state index is 0.00894. The van der Waals surface area contributed by atoms with Crippen LogP contribution in [0, 0.1) is 0 Å². The largest absolute Gasteiger partial charge is 0.378 e. The molecule has 3 aromatic rings. The second-order valence-corrected chi connectivity index (χ2v) is 8.57. The molecule has 13 heteroatoms. The van der Waals surface area contributed by atoms with Crippen molar-refractivity contribution in [2.45, 2.75) is 51.1 Å². The minimum atomic E-state index is -2.82. The molecule has 5 rings (SSSR count). The summed E-state index contributed by atoms with van der Waals surface area (Å²) >= 11 is 0. The van der Waals surface area contributed by atoms with E-state index in [0.717, 1.165) is 0 Å². The van der Waals surface area contributed by atoms with Gasteiger partial charge in [0.25, 0.3) is 5.92 Å². The fraction of sp³-hybridized carbons (Fsp3) is 0.619. The van der Waals surface area contributed by atoms with Crippen LogP contribution in [0.4, 0.5) is 24.8 Å². The molecule has 34 heavy (non-hydrogen) atoms. The van der Waals surface area contributed by atoms with Gasteiger partial charge >= 0.3 is 0 Å². The predicted octanol–water partition coefficient (Wildman–Crippen LogP) is 2.93. The lowest BCUT2D eigenvalue weighted by molar-refractivity contribution is 0.0160. The number of ether oxygens (including phenoxy) is 2. The molecule has 0 radical (unpaired) electrons. The Balaban J connectivity index is 1.54. The highest BCUT2D eigenvalue weighted by atomic mass is 19.3. The Morgan fingerprint density at radius 2 is 2.24 bits per heavy atom. The van der Waals surface area contributed by atoms with E-state index in [1.165, 1.54) is 10.8 Å². The molecule has 1 N–H and O–H groups in total. The summed E-state index contributed by atoms with van der Waals surface area (Å²) in [4.78, 5) is 10.6. The fourth-order valence-corrected chi connectivity index (χ4v) is 4.34. The summed E-state index contributed by atoms with van der Waals surface area (Å²) in [6.07, 6.45) is 3.59. The third kappa shape index (κ3) is 4.41. The number of hydrogen-bond acceptors (Lipinski definition) is 8. The number of alkyl halides is 3. The van der Waals surface area contributed by atoms with Crippen LogP contribution in [0.3, 0.4) is 0 Å². The van der Waals surface area contributed by atoms with Crippen molar-refractivity contribution in [3.05, 3.63) is 18.7 Å². The first-order chi connectivity index (χ1) is 16.3. The van der Waals surface area contributed by atoms with Crippen molar-refractivity contribution in [1.29, 1.82) is 0 Å². The van der Waals surface area contributed by atoms with E-state index in [-0.39, 0.29) is 31.7 Å². The van der Waals surface area contributed by atoms with E-state index >= 15 is 0 Å². The Kier molecular flexibility index (Phi) is 6.06. The molecule has 0 bridgehead atoms. The number of hydrogen-bond donors (Lipinski definition) is 1. The SMILES string of the molecule is CCOC(C)n1cc(-c2ncn3nc(N[C@H]4CCOC[C@H]4F)nc3c2N2CCC(F)(F)C2)cn1. The smallest absolute Gasteiger partial charge is 0.266 e. The van der Waals surface area contributed by atoms with E-state index in [1.807, 2.05) is 13.8 Å². The van der Waals surface area contributed by atoms with Gasteiger partial charge in [0.05, 0.1) is 25.4 Å². The van der Waals surface area contributed by atoms with Crippen molar-refractivity contribution >= 4 is 17.3 Å². The lowest BCUT2D eigenvalue weighted by atomic mass is 10.1. The number of nitrogens with one attached hydrogen (secondary N) is 1. The number of aromatic nitrogens is 6. The van der Waals surface area contributed by atoms with E-state index < -0.39 is 24.7 Å². The van der Waals surface area contributed by atoms with Crippen molar-refractivity contribution in [2.24, 2.45) is 0 Å². The van der Waals surface area contributed by atoms with E-state index in [1.54, 1.807) is 22.0 Å². The number of rotatable bonds is 7. The van der Waals surface area contributed by atoms with Gasteiger partial charge in [-0.25, -0.2) is 22.8 Å². The van der Waals surface area contributed by atoms with Gasteiger partial charge in [-0.3, -0.25) is 0 Å². The lowest BCUT2D eigenvalue weighted by Gasteiger charge is -2.26. The normalized spacial score (nSPS) is 23.5. The zero-order valence-corrected chi connectivity index (χ0v) is 19.0. The third-order valence-electron chi connectivity index (χ3n) is 6.11. The molecule has 2 aliphatic rings. The maximum atomic E-state index is 14.2. The standard InChI is InChI=1S/C21H27F3N8O2/c1-3-34-13(2)31-9-14(8-26-31)17-18(30-6-5-21(23,24)11-30)19-28-20(29-32(19)12-25-17)27-16-4-7-33-10-15(16)22/h8-9,12-13,15-16H,3-7,10-11H2,1-2H3,(H,27,29)/t13?,15-,16+/m1/s1. The second-order valence-electron chi connectivity index (χ2n) is 8.57. The number of nitrogens with zero attached hydrogens (tertiary/aromatic N) is 7. The minimum Gasteiger partial charge on any atom is -0.378 e. The topological polar surface area (TPSA) is 94.6 Å². The van der Waals surface area contributed by atoms with E-state index in [9.17, 15) is 13.2 Å². The van der Waals surface area contributed by atoms with Gasteiger partial charge in [0.15, 0.2) is 5.65 Å². The first kappa shape index (κ1) is 22.8. The van der Waals surface area contributed by atoms with Crippen molar-refractivity contribution in [1.82, 2.24) is 29.4 Å². The molecule has 10 nitrogen and oxygen atoms in total. The zero-order chi connectivity index (χ0) is 23.9. The molecule has 2 saturated heterocycles. The van der Waals surface area contributed by atoms with Gasteiger partial charge in [-0.2, -0.15) is 14.6 Å². The molecule has 3 atom stereocenters. The van der Waals surface area contributed by atoms with Crippen LogP contribution in [0.5, 0.6) is 0 Å². The first-order valence-electron chi connectivity index (χ1n) is 11.4. The Morgan fingerprint density at radius 1 is 1.38 bits per heavy atom. The molecule has 3 aromatic heterocycles. The van der Waals surface area contributed by atoms with Gasteiger partial charge in [-0.05, 0) is 20.3 Å². The van der Waals surface area contributed by atoms with Gasteiger partial charge in [0.2, 0.25) is 5.95 Å². The molecular weight excluding hydrogens is 453 g/mol. The monoisotopic (exact) mass is 480 g/mol. The molecule has 1 unspecified atom stereocenters. The highest BCUT2D eigenvalue weighted by Gasteiger charge is 2.40.